The van der Waals surface area contributed by atoms with Gasteiger partial charge in [0.2, 0.25) is 0 Å². The molecule has 0 aliphatic rings. The predicted molar refractivity (Wildman–Crippen MR) is 92.2 cm³/mol. The van der Waals surface area contributed by atoms with E-state index in [1.165, 1.54) is 10.5 Å². The summed E-state index contributed by atoms with van der Waals surface area (Å²) >= 11 is 7.79. The molecule has 1 aromatic heterocycles. The van der Waals surface area contributed by atoms with E-state index in [4.69, 9.17) is 11.6 Å². The molecule has 2 rings (SSSR count). The third kappa shape index (κ3) is 6.08. The molecule has 0 bridgehead atoms. The molecule has 2 aromatic rings. The summed E-state index contributed by atoms with van der Waals surface area (Å²) in [6, 6.07) is 12.7. The molecule has 1 atom stereocenters. The molecule has 2 nitrogen and oxygen atoms in total. The van der Waals surface area contributed by atoms with Crippen LogP contribution >= 0.6 is 23.4 Å². The molecule has 1 N–H and O–H groups in total. The Morgan fingerprint density at radius 2 is 1.86 bits per heavy atom. The maximum absolute atomic E-state index is 5.92. The molecular weight excluding hydrogens is 300 g/mol. The number of aromatic nitrogens is 1. The Kier molecular flexibility index (Phi) is 7.07. The minimum absolute atomic E-state index is 0.466. The van der Waals surface area contributed by atoms with E-state index in [2.05, 4.69) is 41.5 Å². The van der Waals surface area contributed by atoms with Crippen molar-refractivity contribution in [3.63, 3.8) is 0 Å². The Hall–Kier alpha value is -1.03. The smallest absolute Gasteiger partial charge is 0.0406 e. The molecule has 21 heavy (non-hydrogen) atoms. The molecule has 0 spiro atoms. The fourth-order valence-corrected chi connectivity index (χ4v) is 3.15. The Morgan fingerprint density at radius 3 is 2.52 bits per heavy atom. The molecule has 0 saturated heterocycles. The van der Waals surface area contributed by atoms with E-state index in [-0.39, 0.29) is 0 Å². The highest BCUT2D eigenvalue weighted by molar-refractivity contribution is 7.99. The first-order chi connectivity index (χ1) is 10.3. The summed E-state index contributed by atoms with van der Waals surface area (Å²) in [5, 5.41) is 4.42. The molecular formula is C17H21ClN2S. The van der Waals surface area contributed by atoms with Gasteiger partial charge >= 0.3 is 0 Å². The summed E-state index contributed by atoms with van der Waals surface area (Å²) in [7, 11) is 0. The lowest BCUT2D eigenvalue weighted by Crippen LogP contribution is -2.34. The van der Waals surface area contributed by atoms with E-state index in [1.54, 1.807) is 0 Å². The lowest BCUT2D eigenvalue weighted by Gasteiger charge is -2.18. The average molecular weight is 321 g/mol. The van der Waals surface area contributed by atoms with Gasteiger partial charge in [-0.05, 0) is 61.3 Å². The second-order valence-corrected chi connectivity index (χ2v) is 6.51. The fourth-order valence-electron chi connectivity index (χ4n) is 2.07. The SMILES string of the molecule is CCCNC(CSc1ccc(Cl)cc1)Cc1ccncc1. The Bertz CT molecular complexity index is 516. The zero-order valence-corrected chi connectivity index (χ0v) is 13.8. The second kappa shape index (κ2) is 9.08. The maximum Gasteiger partial charge on any atom is 0.0406 e. The van der Waals surface area contributed by atoms with Crippen molar-refractivity contribution in [3.05, 3.63) is 59.4 Å². The number of thioether (sulfide) groups is 1. The van der Waals surface area contributed by atoms with Crippen molar-refractivity contribution in [2.24, 2.45) is 0 Å². The first kappa shape index (κ1) is 16.3. The number of halogens is 1. The van der Waals surface area contributed by atoms with E-state index < -0.39 is 0 Å². The highest BCUT2D eigenvalue weighted by Gasteiger charge is 2.09. The summed E-state index contributed by atoms with van der Waals surface area (Å²) < 4.78 is 0. The zero-order chi connectivity index (χ0) is 14.9. The van der Waals surface area contributed by atoms with Crippen LogP contribution in [0.15, 0.2) is 53.7 Å². The van der Waals surface area contributed by atoms with E-state index in [1.807, 2.05) is 36.3 Å². The van der Waals surface area contributed by atoms with Crippen LogP contribution in [0, 0.1) is 0 Å². The number of rotatable bonds is 8. The standard InChI is InChI=1S/C17H21ClN2S/c1-2-9-20-16(12-14-7-10-19-11-8-14)13-21-17-5-3-15(18)4-6-17/h3-8,10-11,16,20H,2,9,12-13H2,1H3. The highest BCUT2D eigenvalue weighted by atomic mass is 35.5. The molecule has 0 fully saturated rings. The van der Waals surface area contributed by atoms with Gasteiger partial charge in [0.15, 0.2) is 0 Å². The van der Waals surface area contributed by atoms with Gasteiger partial charge in [0.1, 0.15) is 0 Å². The minimum atomic E-state index is 0.466. The van der Waals surface area contributed by atoms with Crippen molar-refractivity contribution in [2.45, 2.75) is 30.7 Å². The first-order valence-electron chi connectivity index (χ1n) is 7.28. The molecule has 1 heterocycles. The van der Waals surface area contributed by atoms with Crippen LogP contribution in [0.5, 0.6) is 0 Å². The van der Waals surface area contributed by atoms with Crippen LogP contribution in [0.3, 0.4) is 0 Å². The van der Waals surface area contributed by atoms with Crippen LogP contribution in [0.25, 0.3) is 0 Å². The molecule has 1 aromatic carbocycles. The van der Waals surface area contributed by atoms with E-state index in [0.717, 1.165) is 30.2 Å². The van der Waals surface area contributed by atoms with Gasteiger partial charge in [-0.25, -0.2) is 0 Å². The van der Waals surface area contributed by atoms with Gasteiger partial charge in [0.05, 0.1) is 0 Å². The van der Waals surface area contributed by atoms with Gasteiger partial charge in [-0.1, -0.05) is 18.5 Å². The zero-order valence-electron chi connectivity index (χ0n) is 12.3. The molecule has 0 radical (unpaired) electrons. The van der Waals surface area contributed by atoms with Crippen molar-refractivity contribution in [2.75, 3.05) is 12.3 Å². The van der Waals surface area contributed by atoms with Gasteiger partial charge in [0, 0.05) is 34.1 Å². The molecule has 0 aliphatic heterocycles. The third-order valence-corrected chi connectivity index (χ3v) is 4.61. The van der Waals surface area contributed by atoms with Crippen LogP contribution in [-0.4, -0.2) is 23.3 Å². The molecule has 0 aliphatic carbocycles. The average Bonchev–Trinajstić information content (AvgIpc) is 2.52. The Balaban J connectivity index is 1.91. The molecule has 1 unspecified atom stereocenters. The number of nitrogens with zero attached hydrogens (tertiary/aromatic N) is 1. The molecule has 4 heteroatoms. The van der Waals surface area contributed by atoms with Crippen LogP contribution < -0.4 is 5.32 Å². The van der Waals surface area contributed by atoms with Crippen LogP contribution in [0.4, 0.5) is 0 Å². The van der Waals surface area contributed by atoms with Crippen LogP contribution in [-0.2, 0) is 6.42 Å². The lowest BCUT2D eigenvalue weighted by atomic mass is 10.1. The van der Waals surface area contributed by atoms with Gasteiger partial charge in [-0.3, -0.25) is 4.98 Å². The number of hydrogen-bond donors (Lipinski definition) is 1. The van der Waals surface area contributed by atoms with E-state index >= 15 is 0 Å². The topological polar surface area (TPSA) is 24.9 Å². The van der Waals surface area contributed by atoms with Gasteiger partial charge in [-0.15, -0.1) is 11.8 Å². The minimum Gasteiger partial charge on any atom is -0.313 e. The second-order valence-electron chi connectivity index (χ2n) is 4.98. The van der Waals surface area contributed by atoms with Gasteiger partial charge < -0.3 is 5.32 Å². The quantitative estimate of drug-likeness (QED) is 0.728. The summed E-state index contributed by atoms with van der Waals surface area (Å²) in [5.41, 5.74) is 1.33. The van der Waals surface area contributed by atoms with E-state index in [0.29, 0.717) is 6.04 Å². The Labute approximate surface area is 136 Å². The van der Waals surface area contributed by atoms with Crippen molar-refractivity contribution in [3.8, 4) is 0 Å². The lowest BCUT2D eigenvalue weighted by molar-refractivity contribution is 0.550. The van der Waals surface area contributed by atoms with Crippen molar-refractivity contribution in [1.29, 1.82) is 0 Å². The van der Waals surface area contributed by atoms with Crippen molar-refractivity contribution in [1.82, 2.24) is 10.3 Å². The van der Waals surface area contributed by atoms with E-state index in [9.17, 15) is 0 Å². The summed E-state index contributed by atoms with van der Waals surface area (Å²) in [6.07, 6.45) is 5.90. The normalized spacial score (nSPS) is 12.3. The first-order valence-corrected chi connectivity index (χ1v) is 8.65. The summed E-state index contributed by atoms with van der Waals surface area (Å²) in [5.74, 6) is 1.05. The Morgan fingerprint density at radius 1 is 1.14 bits per heavy atom. The number of hydrogen-bond acceptors (Lipinski definition) is 3. The predicted octanol–water partition coefficient (Wildman–Crippen LogP) is 4.44. The summed E-state index contributed by atoms with van der Waals surface area (Å²) in [6.45, 7) is 3.25. The van der Waals surface area contributed by atoms with Gasteiger partial charge in [-0.2, -0.15) is 0 Å². The summed E-state index contributed by atoms with van der Waals surface area (Å²) in [4.78, 5) is 5.34. The number of pyridine rings is 1. The van der Waals surface area contributed by atoms with Crippen molar-refractivity contribution >= 4 is 23.4 Å². The van der Waals surface area contributed by atoms with Crippen LogP contribution in [0.2, 0.25) is 5.02 Å². The number of benzene rings is 1. The van der Waals surface area contributed by atoms with Gasteiger partial charge in [0.25, 0.3) is 0 Å². The molecule has 0 amide bonds. The number of nitrogens with one attached hydrogen (secondary N) is 1. The highest BCUT2D eigenvalue weighted by Crippen LogP contribution is 2.21. The maximum atomic E-state index is 5.92. The molecule has 112 valence electrons. The largest absolute Gasteiger partial charge is 0.313 e. The molecule has 0 saturated carbocycles. The third-order valence-electron chi connectivity index (χ3n) is 3.18. The van der Waals surface area contributed by atoms with Crippen molar-refractivity contribution < 1.29 is 0 Å². The van der Waals surface area contributed by atoms with Crippen LogP contribution in [0.1, 0.15) is 18.9 Å². The monoisotopic (exact) mass is 320 g/mol. The fraction of sp³-hybridized carbons (Fsp3) is 0.353.